The average Bonchev–Trinajstić information content (AvgIpc) is 3.05. The molecule has 1 aromatic carbocycles. The lowest BCUT2D eigenvalue weighted by molar-refractivity contribution is -0.187. The van der Waals surface area contributed by atoms with Crippen LogP contribution in [0.1, 0.15) is 17.3 Å². The lowest BCUT2D eigenvalue weighted by Crippen LogP contribution is -2.44. The number of amides is 2. The molecular weight excluding hydrogens is 367 g/mol. The van der Waals surface area contributed by atoms with E-state index in [0.717, 1.165) is 4.90 Å². The number of nitrogens with zero attached hydrogens (tertiary/aromatic N) is 2. The smallest absolute Gasteiger partial charge is 0.394 e. The maximum absolute atomic E-state index is 13.1. The van der Waals surface area contributed by atoms with Crippen LogP contribution in [0, 0.1) is 11.8 Å². The molecule has 3 rings (SSSR count). The zero-order chi connectivity index (χ0) is 20.1. The fraction of sp³-hybridized carbons (Fsp3) is 0.471. The normalized spacial score (nSPS) is 25.2. The number of fused-ring (bicyclic) bond motifs is 1. The Morgan fingerprint density at radius 3 is 2.48 bits per heavy atom. The first-order valence-electron chi connectivity index (χ1n) is 8.27. The second kappa shape index (κ2) is 6.43. The summed E-state index contributed by atoms with van der Waals surface area (Å²) in [5.74, 6) is -6.35. The first kappa shape index (κ1) is 19.0. The van der Waals surface area contributed by atoms with Gasteiger partial charge >= 0.3 is 12.1 Å². The Kier molecular flexibility index (Phi) is 4.52. The number of carbonyl (C=O) groups excluding carboxylic acids is 2. The number of carbonyl (C=O) groups is 3. The molecule has 0 saturated carbocycles. The molecule has 146 valence electrons. The molecule has 0 radical (unpaired) electrons. The van der Waals surface area contributed by atoms with Crippen molar-refractivity contribution in [2.75, 3.05) is 30.4 Å². The Balaban J connectivity index is 1.86. The second-order valence-corrected chi connectivity index (χ2v) is 6.81. The molecule has 0 spiro atoms. The summed E-state index contributed by atoms with van der Waals surface area (Å²) in [6.07, 6.45) is -4.71. The monoisotopic (exact) mass is 385 g/mol. The SMILES string of the molecule is CC1C(=O)Nc2cc(C(=O)N3C[C@@H](C(F)(F)F)[C@H](C(=O)O)C3)ccc2N1C. The Morgan fingerprint density at radius 2 is 1.93 bits per heavy atom. The first-order valence-corrected chi connectivity index (χ1v) is 8.27. The molecule has 1 saturated heterocycles. The van der Waals surface area contributed by atoms with Crippen LogP contribution in [0.2, 0.25) is 0 Å². The highest BCUT2D eigenvalue weighted by Gasteiger charge is 2.53. The van der Waals surface area contributed by atoms with Crippen molar-refractivity contribution < 1.29 is 32.7 Å². The van der Waals surface area contributed by atoms with Crippen molar-refractivity contribution in [3.63, 3.8) is 0 Å². The van der Waals surface area contributed by atoms with E-state index in [9.17, 15) is 27.6 Å². The molecule has 1 aromatic rings. The number of halogens is 3. The highest BCUT2D eigenvalue weighted by atomic mass is 19.4. The second-order valence-electron chi connectivity index (χ2n) is 6.81. The lowest BCUT2D eigenvalue weighted by Gasteiger charge is -2.33. The number of carboxylic acid groups (broad SMARTS) is 1. The fourth-order valence-electron chi connectivity index (χ4n) is 3.43. The van der Waals surface area contributed by atoms with Crippen molar-refractivity contribution in [2.45, 2.75) is 19.1 Å². The quantitative estimate of drug-likeness (QED) is 0.810. The minimum Gasteiger partial charge on any atom is -0.481 e. The van der Waals surface area contributed by atoms with Gasteiger partial charge in [0, 0.05) is 25.7 Å². The van der Waals surface area contributed by atoms with E-state index < -0.39 is 49.0 Å². The van der Waals surface area contributed by atoms with E-state index in [2.05, 4.69) is 5.32 Å². The summed E-state index contributed by atoms with van der Waals surface area (Å²) >= 11 is 0. The van der Waals surface area contributed by atoms with Gasteiger partial charge in [-0.05, 0) is 25.1 Å². The van der Waals surface area contributed by atoms with Crippen molar-refractivity contribution in [1.29, 1.82) is 0 Å². The number of hydrogen-bond donors (Lipinski definition) is 2. The maximum Gasteiger partial charge on any atom is 0.394 e. The summed E-state index contributed by atoms with van der Waals surface area (Å²) in [7, 11) is 1.72. The van der Waals surface area contributed by atoms with Gasteiger partial charge in [-0.2, -0.15) is 13.2 Å². The number of anilines is 2. The third-order valence-electron chi connectivity index (χ3n) is 5.19. The molecule has 2 heterocycles. The molecule has 2 N–H and O–H groups in total. The Morgan fingerprint density at radius 1 is 1.26 bits per heavy atom. The lowest BCUT2D eigenvalue weighted by atomic mass is 9.96. The number of alkyl halides is 3. The van der Waals surface area contributed by atoms with Crippen LogP contribution in [0.3, 0.4) is 0 Å². The molecule has 0 aliphatic carbocycles. The number of likely N-dealkylation sites (N-methyl/N-ethyl adjacent to an activating group) is 1. The molecule has 2 aliphatic rings. The Bertz CT molecular complexity index is 811. The number of rotatable bonds is 2. The van der Waals surface area contributed by atoms with Crippen molar-refractivity contribution in [3.8, 4) is 0 Å². The van der Waals surface area contributed by atoms with E-state index in [1.807, 2.05) is 0 Å². The summed E-state index contributed by atoms with van der Waals surface area (Å²) in [6, 6.07) is 4.05. The van der Waals surface area contributed by atoms with Crippen molar-refractivity contribution >= 4 is 29.2 Å². The van der Waals surface area contributed by atoms with Crippen LogP contribution in [0.25, 0.3) is 0 Å². The van der Waals surface area contributed by atoms with Gasteiger partial charge < -0.3 is 20.2 Å². The summed E-state index contributed by atoms with van der Waals surface area (Å²) in [5.41, 5.74) is 1.15. The molecule has 1 unspecified atom stereocenters. The van der Waals surface area contributed by atoms with Crippen LogP contribution in [0.4, 0.5) is 24.5 Å². The van der Waals surface area contributed by atoms with E-state index >= 15 is 0 Å². The molecule has 0 aromatic heterocycles. The predicted octanol–water partition coefficient (Wildman–Crippen LogP) is 1.80. The Hall–Kier alpha value is -2.78. The van der Waals surface area contributed by atoms with Gasteiger partial charge in [0.2, 0.25) is 5.91 Å². The Labute approximate surface area is 152 Å². The van der Waals surface area contributed by atoms with Crippen LogP contribution in [-0.2, 0) is 9.59 Å². The van der Waals surface area contributed by atoms with Crippen molar-refractivity contribution in [2.24, 2.45) is 11.8 Å². The third kappa shape index (κ3) is 3.31. The standard InChI is InChI=1S/C17H18F3N3O4/c1-8-14(24)21-12-5-9(3-4-13(12)22(8)2)15(25)23-6-10(16(26)27)11(7-23)17(18,19)20/h3-5,8,10-11H,6-7H2,1-2H3,(H,21,24)(H,26,27)/t8?,10-,11-/m1/s1. The number of benzene rings is 1. The average molecular weight is 385 g/mol. The van der Waals surface area contributed by atoms with E-state index in [1.165, 1.54) is 12.1 Å². The topological polar surface area (TPSA) is 90.0 Å². The van der Waals surface area contributed by atoms with Gasteiger partial charge in [0.25, 0.3) is 5.91 Å². The zero-order valence-electron chi connectivity index (χ0n) is 14.6. The van der Waals surface area contributed by atoms with Gasteiger partial charge in [-0.25, -0.2) is 0 Å². The molecule has 3 atom stereocenters. The van der Waals surface area contributed by atoms with Crippen LogP contribution in [0.5, 0.6) is 0 Å². The van der Waals surface area contributed by atoms with Gasteiger partial charge in [0.05, 0.1) is 23.2 Å². The van der Waals surface area contributed by atoms with Gasteiger partial charge in [-0.1, -0.05) is 0 Å². The van der Waals surface area contributed by atoms with Gasteiger partial charge in [-0.15, -0.1) is 0 Å². The number of likely N-dealkylation sites (tertiary alicyclic amines) is 1. The highest BCUT2D eigenvalue weighted by molar-refractivity contribution is 6.05. The zero-order valence-corrected chi connectivity index (χ0v) is 14.6. The van der Waals surface area contributed by atoms with Crippen LogP contribution < -0.4 is 10.2 Å². The maximum atomic E-state index is 13.1. The van der Waals surface area contributed by atoms with Gasteiger partial charge in [-0.3, -0.25) is 14.4 Å². The molecule has 27 heavy (non-hydrogen) atoms. The van der Waals surface area contributed by atoms with Crippen LogP contribution in [0.15, 0.2) is 18.2 Å². The minimum atomic E-state index is -4.71. The molecule has 7 nitrogen and oxygen atoms in total. The highest BCUT2D eigenvalue weighted by Crippen LogP contribution is 2.39. The number of carboxylic acids is 1. The largest absolute Gasteiger partial charge is 0.481 e. The van der Waals surface area contributed by atoms with E-state index in [4.69, 9.17) is 5.11 Å². The summed E-state index contributed by atoms with van der Waals surface area (Å²) in [6.45, 7) is 0.489. The summed E-state index contributed by atoms with van der Waals surface area (Å²) in [4.78, 5) is 38.4. The minimum absolute atomic E-state index is 0.0870. The van der Waals surface area contributed by atoms with E-state index in [1.54, 1.807) is 24.9 Å². The molecular formula is C17H18F3N3O4. The third-order valence-corrected chi connectivity index (χ3v) is 5.19. The van der Waals surface area contributed by atoms with E-state index in [-0.39, 0.29) is 11.5 Å². The first-order chi connectivity index (χ1) is 12.5. The molecule has 1 fully saturated rings. The summed E-state index contributed by atoms with van der Waals surface area (Å²) < 4.78 is 39.3. The molecule has 0 bridgehead atoms. The van der Waals surface area contributed by atoms with Crippen molar-refractivity contribution in [1.82, 2.24) is 4.90 Å². The molecule has 2 amide bonds. The molecule has 2 aliphatic heterocycles. The number of aliphatic carboxylic acids is 1. The predicted molar refractivity (Wildman–Crippen MR) is 89.5 cm³/mol. The fourth-order valence-corrected chi connectivity index (χ4v) is 3.43. The number of nitrogens with one attached hydrogen (secondary N) is 1. The van der Waals surface area contributed by atoms with Crippen molar-refractivity contribution in [3.05, 3.63) is 23.8 Å². The van der Waals surface area contributed by atoms with Gasteiger partial charge in [0.15, 0.2) is 0 Å². The van der Waals surface area contributed by atoms with Crippen LogP contribution >= 0.6 is 0 Å². The van der Waals surface area contributed by atoms with E-state index in [0.29, 0.717) is 11.4 Å². The molecule has 10 heteroatoms. The number of hydrogen-bond acceptors (Lipinski definition) is 4. The van der Waals surface area contributed by atoms with Gasteiger partial charge in [0.1, 0.15) is 6.04 Å². The summed E-state index contributed by atoms with van der Waals surface area (Å²) in [5, 5.41) is 11.7. The van der Waals surface area contributed by atoms with Crippen LogP contribution in [-0.4, -0.2) is 60.1 Å².